The summed E-state index contributed by atoms with van der Waals surface area (Å²) in [5.74, 6) is -6.15. The molecule has 8 nitrogen and oxygen atoms in total. The third kappa shape index (κ3) is 2.76. The molecule has 156 valence electrons. The van der Waals surface area contributed by atoms with Crippen LogP contribution in [0.1, 0.15) is 57.3 Å². The van der Waals surface area contributed by atoms with Crippen molar-refractivity contribution >= 4 is 23.6 Å². The van der Waals surface area contributed by atoms with Gasteiger partial charge in [0.15, 0.2) is 0 Å². The number of carbonyl (C=O) groups excluding carboxylic acids is 4. The number of aromatic nitrogens is 1. The molecule has 0 radical (unpaired) electrons. The first kappa shape index (κ1) is 19.5. The molecular formula is C19H21F2N3O5. The van der Waals surface area contributed by atoms with Crippen LogP contribution in [0.4, 0.5) is 8.78 Å². The summed E-state index contributed by atoms with van der Waals surface area (Å²) in [7, 11) is 2.50. The lowest BCUT2D eigenvalue weighted by atomic mass is 9.72. The van der Waals surface area contributed by atoms with Gasteiger partial charge in [-0.3, -0.25) is 14.4 Å². The van der Waals surface area contributed by atoms with Crippen molar-refractivity contribution in [3.8, 4) is 0 Å². The summed E-state index contributed by atoms with van der Waals surface area (Å²) in [6, 6.07) is 0. The summed E-state index contributed by atoms with van der Waals surface area (Å²) < 4.78 is 33.5. The first-order valence-electron chi connectivity index (χ1n) is 9.33. The van der Waals surface area contributed by atoms with Crippen molar-refractivity contribution in [3.63, 3.8) is 0 Å². The minimum Gasteiger partial charge on any atom is -0.464 e. The van der Waals surface area contributed by atoms with Crippen LogP contribution >= 0.6 is 0 Å². The molecule has 2 heterocycles. The van der Waals surface area contributed by atoms with Crippen LogP contribution in [0, 0.1) is 12.8 Å². The molecular weight excluding hydrogens is 388 g/mol. The van der Waals surface area contributed by atoms with Gasteiger partial charge in [-0.05, 0) is 24.8 Å². The number of nitrogens with one attached hydrogen (secondary N) is 2. The van der Waals surface area contributed by atoms with Crippen molar-refractivity contribution in [2.75, 3.05) is 14.2 Å². The van der Waals surface area contributed by atoms with E-state index in [4.69, 9.17) is 4.74 Å². The van der Waals surface area contributed by atoms with Gasteiger partial charge < -0.3 is 19.9 Å². The smallest absolute Gasteiger partial charge is 0.354 e. The number of ketones is 1. The van der Waals surface area contributed by atoms with Crippen LogP contribution in [0.2, 0.25) is 0 Å². The molecule has 10 heteroatoms. The van der Waals surface area contributed by atoms with E-state index in [1.54, 1.807) is 11.5 Å². The van der Waals surface area contributed by atoms with E-state index in [0.29, 0.717) is 23.7 Å². The number of amides is 2. The van der Waals surface area contributed by atoms with Gasteiger partial charge in [-0.2, -0.15) is 0 Å². The van der Waals surface area contributed by atoms with Gasteiger partial charge >= 0.3 is 5.97 Å². The van der Waals surface area contributed by atoms with E-state index >= 15 is 0 Å². The van der Waals surface area contributed by atoms with E-state index in [1.165, 1.54) is 14.2 Å². The molecule has 0 aromatic carbocycles. The maximum absolute atomic E-state index is 13.5. The van der Waals surface area contributed by atoms with Crippen LogP contribution in [0.3, 0.4) is 0 Å². The predicted molar refractivity (Wildman–Crippen MR) is 94.8 cm³/mol. The molecule has 2 N–H and O–H groups in total. The summed E-state index contributed by atoms with van der Waals surface area (Å²) in [6.45, 7) is 2.12. The lowest BCUT2D eigenvalue weighted by molar-refractivity contribution is -0.164. The van der Waals surface area contributed by atoms with Crippen LogP contribution in [0.15, 0.2) is 0 Å². The van der Waals surface area contributed by atoms with Gasteiger partial charge in [-0.25, -0.2) is 13.6 Å². The lowest BCUT2D eigenvalue weighted by Gasteiger charge is -2.45. The summed E-state index contributed by atoms with van der Waals surface area (Å²) in [4.78, 5) is 50.0. The Labute approximate surface area is 164 Å². The highest BCUT2D eigenvalue weighted by atomic mass is 19.3. The molecule has 3 aliphatic rings. The number of nitrogens with zero attached hydrogens (tertiary/aromatic N) is 1. The third-order valence-electron chi connectivity index (χ3n) is 6.19. The molecule has 1 aromatic heterocycles. The number of fused-ring (bicyclic) bond motifs is 3. The topological polar surface area (TPSA) is 106 Å². The normalized spacial score (nSPS) is 24.6. The van der Waals surface area contributed by atoms with E-state index in [2.05, 4.69) is 10.6 Å². The Morgan fingerprint density at radius 3 is 2.41 bits per heavy atom. The molecule has 2 amide bonds. The van der Waals surface area contributed by atoms with E-state index in [-0.39, 0.29) is 17.2 Å². The molecule has 2 aliphatic carbocycles. The molecule has 4 rings (SSSR count). The van der Waals surface area contributed by atoms with Gasteiger partial charge in [-0.1, -0.05) is 0 Å². The quantitative estimate of drug-likeness (QED) is 0.427. The fourth-order valence-electron chi connectivity index (χ4n) is 4.77. The molecule has 29 heavy (non-hydrogen) atoms. The van der Waals surface area contributed by atoms with E-state index in [9.17, 15) is 28.0 Å². The molecule has 2 atom stereocenters. The molecule has 1 aromatic rings. The predicted octanol–water partition coefficient (Wildman–Crippen LogP) is 0.913. The molecule has 1 aliphatic heterocycles. The van der Waals surface area contributed by atoms with E-state index in [1.807, 2.05) is 0 Å². The van der Waals surface area contributed by atoms with E-state index in [0.717, 1.165) is 6.42 Å². The average Bonchev–Trinajstić information content (AvgIpc) is 3.22. The highest BCUT2D eigenvalue weighted by Crippen LogP contribution is 2.56. The Bertz CT molecular complexity index is 960. The second kappa shape index (κ2) is 6.11. The van der Waals surface area contributed by atoms with Crippen molar-refractivity contribution in [2.24, 2.45) is 5.92 Å². The largest absolute Gasteiger partial charge is 0.464 e. The van der Waals surface area contributed by atoms with Crippen molar-refractivity contribution < 1.29 is 32.7 Å². The Morgan fingerprint density at radius 1 is 1.21 bits per heavy atom. The summed E-state index contributed by atoms with van der Waals surface area (Å²) >= 11 is 0. The number of ether oxygens (including phenoxy) is 1. The molecule has 2 unspecified atom stereocenters. The van der Waals surface area contributed by atoms with Crippen LogP contribution in [0.5, 0.6) is 0 Å². The van der Waals surface area contributed by atoms with Crippen molar-refractivity contribution in [1.82, 2.24) is 15.2 Å². The van der Waals surface area contributed by atoms with Gasteiger partial charge in [0.05, 0.1) is 12.7 Å². The minimum absolute atomic E-state index is 0.0831. The number of rotatable bonds is 5. The van der Waals surface area contributed by atoms with Crippen molar-refractivity contribution in [2.45, 2.75) is 50.1 Å². The zero-order valence-electron chi connectivity index (χ0n) is 16.2. The summed E-state index contributed by atoms with van der Waals surface area (Å²) in [5, 5.41) is 4.49. The number of likely N-dealkylation sites (N-methyl/N-ethyl adjacent to an activating group) is 1. The highest BCUT2D eigenvalue weighted by molar-refractivity contribution is 6.44. The zero-order valence-corrected chi connectivity index (χ0v) is 16.2. The van der Waals surface area contributed by atoms with E-state index < -0.39 is 47.9 Å². The summed E-state index contributed by atoms with van der Waals surface area (Å²) in [6.07, 6.45) is -0.881. The standard InChI is InChI=1S/C19H21F2N3O5/c1-8-11(13-10-4-9(10)5-24(13)12(8)16(27)29-3)14(25)15(26)23-18(17(28)22-2)6-19(20,21)7-18/h9-10H,4-7H2,1-3H3,(H,22,28)(H,23,26). The fraction of sp³-hybridized carbons (Fsp3) is 0.579. The van der Waals surface area contributed by atoms with Gasteiger partial charge in [-0.15, -0.1) is 0 Å². The van der Waals surface area contributed by atoms with Gasteiger partial charge in [0.2, 0.25) is 5.91 Å². The maximum Gasteiger partial charge on any atom is 0.354 e. The molecule has 2 saturated carbocycles. The number of esters is 1. The van der Waals surface area contributed by atoms with Crippen molar-refractivity contribution in [1.29, 1.82) is 0 Å². The third-order valence-corrected chi connectivity index (χ3v) is 6.19. The summed E-state index contributed by atoms with van der Waals surface area (Å²) in [5.41, 5.74) is -0.561. The van der Waals surface area contributed by atoms with Gasteiger partial charge in [0.1, 0.15) is 11.2 Å². The number of hydrogen-bond donors (Lipinski definition) is 2. The fourth-order valence-corrected chi connectivity index (χ4v) is 4.77. The zero-order chi connectivity index (χ0) is 21.3. The Morgan fingerprint density at radius 2 is 1.86 bits per heavy atom. The highest BCUT2D eigenvalue weighted by Gasteiger charge is 2.62. The Balaban J connectivity index is 1.66. The van der Waals surface area contributed by atoms with Gasteiger partial charge in [0.25, 0.3) is 17.6 Å². The number of carbonyl (C=O) groups is 4. The van der Waals surface area contributed by atoms with Crippen LogP contribution in [-0.4, -0.2) is 53.8 Å². The monoisotopic (exact) mass is 409 g/mol. The minimum atomic E-state index is -3.09. The number of alkyl halides is 2. The molecule has 2 fully saturated rings. The Kier molecular flexibility index (Phi) is 4.11. The number of Topliss-reactive ketones (excluding diaryl/α,β-unsaturated/α-hetero) is 1. The van der Waals surface area contributed by atoms with Crippen molar-refractivity contribution in [3.05, 3.63) is 22.5 Å². The van der Waals surface area contributed by atoms with Crippen LogP contribution < -0.4 is 10.6 Å². The number of hydrogen-bond acceptors (Lipinski definition) is 5. The average molecular weight is 409 g/mol. The van der Waals surface area contributed by atoms with Crippen LogP contribution in [0.25, 0.3) is 0 Å². The number of halogens is 2. The second-order valence-corrected chi connectivity index (χ2v) is 8.09. The lowest BCUT2D eigenvalue weighted by Crippen LogP contribution is -2.69. The number of methoxy groups -OCH3 is 1. The molecule has 0 bridgehead atoms. The second-order valence-electron chi connectivity index (χ2n) is 8.09. The SMILES string of the molecule is CNC(=O)C1(NC(=O)C(=O)c2c(C)c(C(=O)OC)n3c2C2CC2C3)CC(F)(F)C1. The first-order valence-corrected chi connectivity index (χ1v) is 9.33. The maximum atomic E-state index is 13.5. The first-order chi connectivity index (χ1) is 13.5. The molecule has 0 saturated heterocycles. The Hall–Kier alpha value is -2.78. The molecule has 0 spiro atoms. The van der Waals surface area contributed by atoms with Crippen LogP contribution in [-0.2, 0) is 20.9 Å². The van der Waals surface area contributed by atoms with Gasteiger partial charge in [0, 0.05) is 38.0 Å².